The number of carbonyl (C=O) groups is 2. The summed E-state index contributed by atoms with van der Waals surface area (Å²) in [6.07, 6.45) is -1.72. The Morgan fingerprint density at radius 3 is 2.37 bits per heavy atom. The van der Waals surface area contributed by atoms with Gasteiger partial charge in [0.05, 0.1) is 25.0 Å². The molecule has 0 fully saturated rings. The van der Waals surface area contributed by atoms with E-state index in [0.717, 1.165) is 37.8 Å². The Hall–Kier alpha value is -2.12. The highest BCUT2D eigenvalue weighted by Gasteiger charge is 2.35. The van der Waals surface area contributed by atoms with Crippen LogP contribution in [0.25, 0.3) is 0 Å². The summed E-state index contributed by atoms with van der Waals surface area (Å²) in [6.45, 7) is 4.32. The molecule has 0 aromatic heterocycles. The number of rotatable bonds is 10. The summed E-state index contributed by atoms with van der Waals surface area (Å²) in [7, 11) is 0. The van der Waals surface area contributed by atoms with Crippen molar-refractivity contribution in [1.29, 1.82) is 0 Å². The first-order valence-corrected chi connectivity index (χ1v) is 8.91. The molecule has 0 aliphatic carbocycles. The number of ether oxygens (including phenoxy) is 2. The van der Waals surface area contributed by atoms with Crippen molar-refractivity contribution in [3.8, 4) is 5.75 Å². The van der Waals surface area contributed by atoms with Crippen LogP contribution in [-0.2, 0) is 20.5 Å². The molecule has 0 saturated heterocycles. The molecule has 0 N–H and O–H groups in total. The normalized spacial score (nSPS) is 12.5. The summed E-state index contributed by atoms with van der Waals surface area (Å²) in [5.74, 6) is -3.86. The Kier molecular flexibility index (Phi) is 9.25. The van der Waals surface area contributed by atoms with Gasteiger partial charge in [0.1, 0.15) is 0 Å². The van der Waals surface area contributed by atoms with E-state index >= 15 is 0 Å². The zero-order chi connectivity index (χ0) is 20.4. The predicted molar refractivity (Wildman–Crippen MR) is 90.5 cm³/mol. The second-order valence-electron chi connectivity index (χ2n) is 6.19. The topological polar surface area (TPSA) is 52.6 Å². The maximum atomic E-state index is 13.8. The van der Waals surface area contributed by atoms with Gasteiger partial charge in [0.2, 0.25) is 0 Å². The molecule has 0 aliphatic heterocycles. The summed E-state index contributed by atoms with van der Waals surface area (Å²) in [5, 5.41) is 0. The smallest absolute Gasteiger partial charge is 0.419 e. The minimum absolute atomic E-state index is 0.250. The lowest BCUT2D eigenvalue weighted by molar-refractivity contribution is -0.148. The first-order chi connectivity index (χ1) is 12.7. The molecule has 0 bridgehead atoms. The molecule has 0 radical (unpaired) electrons. The van der Waals surface area contributed by atoms with E-state index in [1.165, 1.54) is 0 Å². The van der Waals surface area contributed by atoms with E-state index in [9.17, 15) is 27.2 Å². The van der Waals surface area contributed by atoms with Gasteiger partial charge in [-0.15, -0.1) is 0 Å². The van der Waals surface area contributed by atoms with Gasteiger partial charge in [-0.1, -0.05) is 39.2 Å². The third-order valence-electron chi connectivity index (χ3n) is 4.05. The number of hydrogen-bond donors (Lipinski definition) is 0. The van der Waals surface area contributed by atoms with E-state index in [4.69, 9.17) is 4.74 Å². The summed E-state index contributed by atoms with van der Waals surface area (Å²) in [5.41, 5.74) is -1.52. The van der Waals surface area contributed by atoms with Crippen LogP contribution in [0, 0.1) is 11.7 Å². The van der Waals surface area contributed by atoms with E-state index in [-0.39, 0.29) is 18.9 Å². The SMILES string of the molecule is CCCCC(CC)COC(=O)CCC(=O)Oc1cccc(C(F)(F)F)c1F. The van der Waals surface area contributed by atoms with Crippen molar-refractivity contribution in [2.24, 2.45) is 5.92 Å². The van der Waals surface area contributed by atoms with E-state index in [0.29, 0.717) is 6.07 Å². The second kappa shape index (κ2) is 10.9. The zero-order valence-corrected chi connectivity index (χ0v) is 15.4. The van der Waals surface area contributed by atoms with Gasteiger partial charge in [0.15, 0.2) is 11.6 Å². The molecular formula is C19H24F4O4. The second-order valence-corrected chi connectivity index (χ2v) is 6.19. The zero-order valence-electron chi connectivity index (χ0n) is 15.4. The van der Waals surface area contributed by atoms with Crippen LogP contribution >= 0.6 is 0 Å². The van der Waals surface area contributed by atoms with E-state index in [1.807, 2.05) is 6.92 Å². The molecule has 8 heteroatoms. The summed E-state index contributed by atoms with van der Waals surface area (Å²) < 4.78 is 61.4. The van der Waals surface area contributed by atoms with Gasteiger partial charge in [-0.3, -0.25) is 9.59 Å². The Bertz CT molecular complexity index is 629. The molecule has 1 rings (SSSR count). The lowest BCUT2D eigenvalue weighted by Gasteiger charge is -2.14. The monoisotopic (exact) mass is 392 g/mol. The maximum absolute atomic E-state index is 13.8. The Balaban J connectivity index is 2.48. The molecule has 4 nitrogen and oxygen atoms in total. The molecule has 0 heterocycles. The number of hydrogen-bond acceptors (Lipinski definition) is 4. The molecule has 1 unspecified atom stereocenters. The fourth-order valence-electron chi connectivity index (χ4n) is 2.37. The van der Waals surface area contributed by atoms with Crippen LogP contribution in [0.1, 0.15) is 57.9 Å². The quantitative estimate of drug-likeness (QED) is 0.308. The van der Waals surface area contributed by atoms with Crippen molar-refractivity contribution >= 4 is 11.9 Å². The molecule has 0 aliphatic rings. The van der Waals surface area contributed by atoms with Gasteiger partial charge in [0, 0.05) is 0 Å². The highest BCUT2D eigenvalue weighted by Crippen LogP contribution is 2.34. The van der Waals surface area contributed by atoms with Gasteiger partial charge >= 0.3 is 18.1 Å². The van der Waals surface area contributed by atoms with Crippen molar-refractivity contribution < 1.29 is 36.6 Å². The third-order valence-corrected chi connectivity index (χ3v) is 4.05. The predicted octanol–water partition coefficient (Wildman–Crippen LogP) is 5.29. The van der Waals surface area contributed by atoms with Gasteiger partial charge in [0.25, 0.3) is 0 Å². The molecular weight excluding hydrogens is 368 g/mol. The molecule has 152 valence electrons. The van der Waals surface area contributed by atoms with Crippen LogP contribution in [0.5, 0.6) is 5.75 Å². The number of carbonyl (C=O) groups excluding carboxylic acids is 2. The average molecular weight is 392 g/mol. The average Bonchev–Trinajstić information content (AvgIpc) is 2.61. The minimum atomic E-state index is -4.90. The molecule has 1 aromatic rings. The fourth-order valence-corrected chi connectivity index (χ4v) is 2.37. The van der Waals surface area contributed by atoms with Crippen LogP contribution in [-0.4, -0.2) is 18.5 Å². The highest BCUT2D eigenvalue weighted by molar-refractivity contribution is 5.79. The van der Waals surface area contributed by atoms with Crippen molar-refractivity contribution in [1.82, 2.24) is 0 Å². The largest absolute Gasteiger partial charge is 0.465 e. The molecule has 0 amide bonds. The van der Waals surface area contributed by atoms with Gasteiger partial charge in [-0.05, 0) is 24.5 Å². The highest BCUT2D eigenvalue weighted by atomic mass is 19.4. The van der Waals surface area contributed by atoms with Gasteiger partial charge in [-0.25, -0.2) is 4.39 Å². The Morgan fingerprint density at radius 2 is 1.78 bits per heavy atom. The van der Waals surface area contributed by atoms with Crippen molar-refractivity contribution in [2.45, 2.75) is 58.5 Å². The number of alkyl halides is 3. The molecule has 27 heavy (non-hydrogen) atoms. The Morgan fingerprint density at radius 1 is 1.11 bits per heavy atom. The van der Waals surface area contributed by atoms with Crippen LogP contribution < -0.4 is 4.74 Å². The minimum Gasteiger partial charge on any atom is -0.465 e. The number of unbranched alkanes of at least 4 members (excludes halogenated alkanes) is 1. The lowest BCUT2D eigenvalue weighted by atomic mass is 10.0. The van der Waals surface area contributed by atoms with Crippen LogP contribution in [0.15, 0.2) is 18.2 Å². The fraction of sp³-hybridized carbons (Fsp3) is 0.579. The van der Waals surface area contributed by atoms with E-state index in [1.54, 1.807) is 0 Å². The number of benzene rings is 1. The third kappa shape index (κ3) is 7.97. The van der Waals surface area contributed by atoms with Crippen molar-refractivity contribution in [3.63, 3.8) is 0 Å². The first kappa shape index (κ1) is 22.9. The summed E-state index contributed by atoms with van der Waals surface area (Å²) in [6, 6.07) is 2.40. The maximum Gasteiger partial charge on any atom is 0.419 e. The molecule has 0 saturated carbocycles. The lowest BCUT2D eigenvalue weighted by Crippen LogP contribution is -2.17. The number of esters is 2. The van der Waals surface area contributed by atoms with E-state index < -0.39 is 41.7 Å². The first-order valence-electron chi connectivity index (χ1n) is 8.91. The van der Waals surface area contributed by atoms with Crippen LogP contribution in [0.2, 0.25) is 0 Å². The van der Waals surface area contributed by atoms with Crippen molar-refractivity contribution in [3.05, 3.63) is 29.6 Å². The Labute approximate surface area is 155 Å². The standard InChI is InChI=1S/C19H24F4O4/c1-3-5-7-13(4-2)12-26-16(24)10-11-17(25)27-15-9-6-8-14(18(15)20)19(21,22)23/h6,8-9,13H,3-5,7,10-12H2,1-2H3. The number of halogens is 4. The van der Waals surface area contributed by atoms with Gasteiger partial charge in [-0.2, -0.15) is 13.2 Å². The van der Waals surface area contributed by atoms with Crippen LogP contribution in [0.3, 0.4) is 0 Å². The van der Waals surface area contributed by atoms with Crippen molar-refractivity contribution in [2.75, 3.05) is 6.61 Å². The molecule has 1 aromatic carbocycles. The summed E-state index contributed by atoms with van der Waals surface area (Å²) in [4.78, 5) is 23.4. The van der Waals surface area contributed by atoms with Crippen LogP contribution in [0.4, 0.5) is 17.6 Å². The molecule has 1 atom stereocenters. The van der Waals surface area contributed by atoms with E-state index in [2.05, 4.69) is 11.7 Å². The summed E-state index contributed by atoms with van der Waals surface area (Å²) >= 11 is 0. The van der Waals surface area contributed by atoms with Gasteiger partial charge < -0.3 is 9.47 Å². The molecule has 0 spiro atoms.